The normalized spacial score (nSPS) is 19.0. The summed E-state index contributed by atoms with van der Waals surface area (Å²) in [6, 6.07) is 7.91. The Morgan fingerprint density at radius 1 is 1.11 bits per heavy atom. The van der Waals surface area contributed by atoms with E-state index in [1.54, 1.807) is 6.20 Å². The highest BCUT2D eigenvalue weighted by molar-refractivity contribution is 7.12. The fourth-order valence-corrected chi connectivity index (χ4v) is 5.28. The third-order valence-electron chi connectivity index (χ3n) is 6.23. The maximum absolute atomic E-state index is 12.7. The lowest BCUT2D eigenvalue weighted by Crippen LogP contribution is -2.57. The van der Waals surface area contributed by atoms with Gasteiger partial charge in [0, 0.05) is 44.1 Å². The van der Waals surface area contributed by atoms with E-state index in [4.69, 9.17) is 4.98 Å². The molecule has 1 saturated heterocycles. The highest BCUT2D eigenvalue weighted by Gasteiger charge is 2.46. The van der Waals surface area contributed by atoms with Gasteiger partial charge in [0.15, 0.2) is 0 Å². The van der Waals surface area contributed by atoms with Gasteiger partial charge in [-0.3, -0.25) is 14.7 Å². The topological polar surface area (TPSA) is 54.3 Å². The van der Waals surface area contributed by atoms with Crippen LogP contribution in [0.5, 0.6) is 0 Å². The number of rotatable bonds is 2. The fraction of sp³-hybridized carbons (Fsp3) is 0.381. The first kappa shape index (κ1) is 17.6. The minimum Gasteiger partial charge on any atom is -0.338 e. The van der Waals surface area contributed by atoms with E-state index in [-0.39, 0.29) is 11.4 Å². The smallest absolute Gasteiger partial charge is 0.263 e. The van der Waals surface area contributed by atoms with E-state index in [0.717, 1.165) is 61.0 Å². The molecule has 7 heteroatoms. The lowest BCUT2D eigenvalue weighted by molar-refractivity contribution is 0.0103. The molecule has 1 amide bonds. The molecule has 2 aliphatic heterocycles. The summed E-state index contributed by atoms with van der Waals surface area (Å²) in [4.78, 5) is 27.1. The minimum absolute atomic E-state index is 0.106. The van der Waals surface area contributed by atoms with Gasteiger partial charge < -0.3 is 9.47 Å². The van der Waals surface area contributed by atoms with Crippen molar-refractivity contribution in [2.75, 3.05) is 26.7 Å². The van der Waals surface area contributed by atoms with Gasteiger partial charge >= 0.3 is 0 Å². The third-order valence-corrected chi connectivity index (χ3v) is 7.09. The van der Waals surface area contributed by atoms with Gasteiger partial charge in [-0.25, -0.2) is 4.98 Å². The molecule has 1 spiro atoms. The van der Waals surface area contributed by atoms with Crippen molar-refractivity contribution in [1.29, 1.82) is 0 Å². The van der Waals surface area contributed by atoms with E-state index in [1.807, 2.05) is 40.9 Å². The van der Waals surface area contributed by atoms with Gasteiger partial charge in [-0.05, 0) is 43.5 Å². The molecular formula is C21H23N5OS. The van der Waals surface area contributed by atoms with Crippen molar-refractivity contribution < 1.29 is 4.79 Å². The molecule has 2 aliphatic rings. The molecule has 0 N–H and O–H groups in total. The number of hydrogen-bond acceptors (Lipinski definition) is 5. The van der Waals surface area contributed by atoms with Crippen LogP contribution in [0.15, 0.2) is 48.2 Å². The molecule has 0 aromatic carbocycles. The Labute approximate surface area is 168 Å². The van der Waals surface area contributed by atoms with Crippen molar-refractivity contribution in [2.45, 2.75) is 24.9 Å². The number of nitrogens with zero attached hydrogens (tertiary/aromatic N) is 5. The average molecular weight is 394 g/mol. The molecule has 3 aromatic heterocycles. The Hall–Kier alpha value is -2.51. The molecule has 144 valence electrons. The van der Waals surface area contributed by atoms with Gasteiger partial charge in [-0.2, -0.15) is 0 Å². The number of amides is 1. The maximum atomic E-state index is 12.7. The highest BCUT2D eigenvalue weighted by atomic mass is 32.1. The van der Waals surface area contributed by atoms with Crippen LogP contribution in [-0.2, 0) is 12.1 Å². The van der Waals surface area contributed by atoms with Crippen LogP contribution in [0.4, 0.5) is 0 Å². The summed E-state index contributed by atoms with van der Waals surface area (Å²) in [5.41, 5.74) is 2.13. The van der Waals surface area contributed by atoms with Crippen LogP contribution in [0.1, 0.15) is 28.3 Å². The molecule has 0 unspecified atom stereocenters. The van der Waals surface area contributed by atoms with Crippen LogP contribution in [0.3, 0.4) is 0 Å². The van der Waals surface area contributed by atoms with E-state index < -0.39 is 0 Å². The first-order valence-electron chi connectivity index (χ1n) is 9.69. The maximum Gasteiger partial charge on any atom is 0.263 e. The Bertz CT molecular complexity index is 974. The van der Waals surface area contributed by atoms with Crippen LogP contribution < -0.4 is 0 Å². The van der Waals surface area contributed by atoms with Gasteiger partial charge in [0.1, 0.15) is 5.82 Å². The summed E-state index contributed by atoms with van der Waals surface area (Å²) >= 11 is 1.52. The molecule has 1 fully saturated rings. The van der Waals surface area contributed by atoms with Crippen LogP contribution in [-0.4, -0.2) is 56.9 Å². The second kappa shape index (κ2) is 6.83. The lowest BCUT2D eigenvalue weighted by Gasteiger charge is -2.49. The van der Waals surface area contributed by atoms with Gasteiger partial charge in [0.05, 0.1) is 22.3 Å². The van der Waals surface area contributed by atoms with Crippen LogP contribution in [0.2, 0.25) is 0 Å². The summed E-state index contributed by atoms with van der Waals surface area (Å²) in [6.07, 6.45) is 7.49. The van der Waals surface area contributed by atoms with Gasteiger partial charge in [-0.1, -0.05) is 6.07 Å². The SMILES string of the molecule is CN1CCn2c(-c3cccnc3)cnc2C12CCN(C(=O)c1cccs1)CC2. The average Bonchev–Trinajstić information content (AvgIpc) is 3.42. The number of imidazole rings is 1. The molecule has 0 radical (unpaired) electrons. The summed E-state index contributed by atoms with van der Waals surface area (Å²) < 4.78 is 2.35. The predicted octanol–water partition coefficient (Wildman–Crippen LogP) is 3.08. The summed E-state index contributed by atoms with van der Waals surface area (Å²) in [7, 11) is 2.19. The van der Waals surface area contributed by atoms with Crippen molar-refractivity contribution in [2.24, 2.45) is 0 Å². The molecule has 5 heterocycles. The minimum atomic E-state index is -0.106. The van der Waals surface area contributed by atoms with E-state index in [0.29, 0.717) is 0 Å². The van der Waals surface area contributed by atoms with E-state index in [2.05, 4.69) is 27.6 Å². The molecule has 28 heavy (non-hydrogen) atoms. The molecule has 0 bridgehead atoms. The number of likely N-dealkylation sites (N-methyl/N-ethyl adjacent to an activating group) is 1. The number of aromatic nitrogens is 3. The largest absolute Gasteiger partial charge is 0.338 e. The summed E-state index contributed by atoms with van der Waals surface area (Å²) in [6.45, 7) is 3.43. The quantitative estimate of drug-likeness (QED) is 0.671. The van der Waals surface area contributed by atoms with Gasteiger partial charge in [-0.15, -0.1) is 11.3 Å². The van der Waals surface area contributed by atoms with Gasteiger partial charge in [0.2, 0.25) is 0 Å². The van der Waals surface area contributed by atoms with Crippen molar-refractivity contribution in [3.05, 3.63) is 58.9 Å². The number of hydrogen-bond donors (Lipinski definition) is 0. The second-order valence-electron chi connectivity index (χ2n) is 7.58. The molecule has 0 atom stereocenters. The Morgan fingerprint density at radius 2 is 1.96 bits per heavy atom. The molecule has 6 nitrogen and oxygen atoms in total. The number of fused-ring (bicyclic) bond motifs is 2. The fourth-order valence-electron chi connectivity index (χ4n) is 4.59. The van der Waals surface area contributed by atoms with Crippen molar-refractivity contribution in [1.82, 2.24) is 24.3 Å². The van der Waals surface area contributed by atoms with Crippen molar-refractivity contribution in [3.63, 3.8) is 0 Å². The van der Waals surface area contributed by atoms with Crippen molar-refractivity contribution >= 4 is 17.2 Å². The molecule has 0 aliphatic carbocycles. The Balaban J connectivity index is 1.44. The number of likely N-dealkylation sites (tertiary alicyclic amines) is 1. The second-order valence-corrected chi connectivity index (χ2v) is 8.53. The highest BCUT2D eigenvalue weighted by Crippen LogP contribution is 2.41. The molecular weight excluding hydrogens is 370 g/mol. The monoisotopic (exact) mass is 393 g/mol. The van der Waals surface area contributed by atoms with E-state index in [9.17, 15) is 4.79 Å². The van der Waals surface area contributed by atoms with Crippen LogP contribution >= 0.6 is 11.3 Å². The first-order chi connectivity index (χ1) is 13.7. The van der Waals surface area contributed by atoms with Gasteiger partial charge in [0.25, 0.3) is 5.91 Å². The zero-order chi connectivity index (χ0) is 19.1. The zero-order valence-electron chi connectivity index (χ0n) is 15.9. The van der Waals surface area contributed by atoms with E-state index in [1.165, 1.54) is 11.3 Å². The molecule has 5 rings (SSSR count). The zero-order valence-corrected chi connectivity index (χ0v) is 16.7. The predicted molar refractivity (Wildman–Crippen MR) is 109 cm³/mol. The third kappa shape index (κ3) is 2.69. The Morgan fingerprint density at radius 3 is 2.68 bits per heavy atom. The van der Waals surface area contributed by atoms with Crippen molar-refractivity contribution in [3.8, 4) is 11.3 Å². The van der Waals surface area contributed by atoms with Crippen LogP contribution in [0.25, 0.3) is 11.3 Å². The number of thiophene rings is 1. The number of carbonyl (C=O) groups excluding carboxylic acids is 1. The summed E-state index contributed by atoms with van der Waals surface area (Å²) in [5, 5.41) is 1.96. The first-order valence-corrected chi connectivity index (χ1v) is 10.6. The molecule has 0 saturated carbocycles. The van der Waals surface area contributed by atoms with E-state index >= 15 is 0 Å². The number of piperidine rings is 1. The Kier molecular flexibility index (Phi) is 4.29. The number of pyridine rings is 1. The summed E-state index contributed by atoms with van der Waals surface area (Å²) in [5.74, 6) is 1.28. The standard InChI is InChI=1S/C21H23N5OS/c1-24-11-12-26-17(16-4-2-8-22-14-16)15-23-20(26)21(24)6-9-25(10-7-21)19(27)18-5-3-13-28-18/h2-5,8,13-15H,6-7,9-12H2,1H3. The number of carbonyl (C=O) groups is 1. The van der Waals surface area contributed by atoms with Crippen LogP contribution in [0, 0.1) is 0 Å². The lowest BCUT2D eigenvalue weighted by atomic mass is 9.83. The molecule has 3 aromatic rings.